The van der Waals surface area contributed by atoms with Crippen molar-refractivity contribution < 1.29 is 9.90 Å². The van der Waals surface area contributed by atoms with Gasteiger partial charge in [-0.25, -0.2) is 9.79 Å². The maximum Gasteiger partial charge on any atom is 0.407 e. The summed E-state index contributed by atoms with van der Waals surface area (Å²) in [5, 5.41) is 8.75. The highest BCUT2D eigenvalue weighted by Gasteiger charge is 2.31. The Morgan fingerprint density at radius 3 is 2.62 bits per heavy atom. The fourth-order valence-electron chi connectivity index (χ4n) is 1.57. The van der Waals surface area contributed by atoms with Crippen molar-refractivity contribution in [2.45, 2.75) is 25.4 Å². The Morgan fingerprint density at radius 1 is 1.62 bits per heavy atom. The molecule has 1 rings (SSSR count). The number of carboxylic acid groups (broad SMARTS) is 1. The third-order valence-electron chi connectivity index (χ3n) is 2.13. The number of amides is 1. The van der Waals surface area contributed by atoms with Crippen molar-refractivity contribution >= 4 is 12.1 Å². The van der Waals surface area contributed by atoms with Crippen LogP contribution in [0.1, 0.15) is 13.3 Å². The normalized spacial score (nSPS) is 27.3. The molecular formula is C7H14N4O2. The lowest BCUT2D eigenvalue weighted by Crippen LogP contribution is -2.33. The third kappa shape index (κ3) is 2.24. The summed E-state index contributed by atoms with van der Waals surface area (Å²) in [7, 11) is 0. The molecule has 0 aromatic heterocycles. The van der Waals surface area contributed by atoms with E-state index in [1.54, 1.807) is 0 Å². The van der Waals surface area contributed by atoms with Crippen molar-refractivity contribution in [2.24, 2.45) is 16.5 Å². The molecule has 0 aliphatic carbocycles. The first-order valence-electron chi connectivity index (χ1n) is 4.09. The van der Waals surface area contributed by atoms with Crippen molar-refractivity contribution in [1.82, 2.24) is 4.90 Å². The fourth-order valence-corrected chi connectivity index (χ4v) is 1.57. The minimum Gasteiger partial charge on any atom is -0.465 e. The second kappa shape index (κ2) is 3.51. The van der Waals surface area contributed by atoms with Crippen molar-refractivity contribution in [2.75, 3.05) is 6.54 Å². The van der Waals surface area contributed by atoms with Crippen LogP contribution in [0, 0.1) is 0 Å². The molecule has 1 aliphatic rings. The van der Waals surface area contributed by atoms with Gasteiger partial charge in [0.05, 0.1) is 6.04 Å². The van der Waals surface area contributed by atoms with Gasteiger partial charge >= 0.3 is 6.09 Å². The molecule has 2 atom stereocenters. The van der Waals surface area contributed by atoms with Gasteiger partial charge in [-0.05, 0) is 13.3 Å². The Bertz CT molecular complexity index is 237. The summed E-state index contributed by atoms with van der Waals surface area (Å²) in [6, 6.07) is -0.0956. The standard InChI is InChI=1S/C7H14N4O2/c1-4-2-5(10-6(8)9)3-11(4)7(12)13/h4-5H,2-3H2,1H3,(H,12,13)(H4,8,9,10)/t4?,5-/m0/s1. The number of hydrogen-bond acceptors (Lipinski definition) is 2. The number of nitrogens with two attached hydrogens (primary N) is 2. The summed E-state index contributed by atoms with van der Waals surface area (Å²) in [5.41, 5.74) is 10.4. The first kappa shape index (κ1) is 9.63. The van der Waals surface area contributed by atoms with Crippen LogP contribution in [0.5, 0.6) is 0 Å². The molecule has 1 amide bonds. The van der Waals surface area contributed by atoms with E-state index in [4.69, 9.17) is 16.6 Å². The predicted octanol–water partition coefficient (Wildman–Crippen LogP) is -0.599. The summed E-state index contributed by atoms with van der Waals surface area (Å²) in [4.78, 5) is 15.9. The minimum absolute atomic E-state index is 0.00870. The number of aliphatic imine (C=N–C) groups is 1. The summed E-state index contributed by atoms with van der Waals surface area (Å²) in [6.07, 6.45) is -0.231. The maximum atomic E-state index is 10.7. The molecule has 1 fully saturated rings. The smallest absolute Gasteiger partial charge is 0.407 e. The van der Waals surface area contributed by atoms with Crippen molar-refractivity contribution in [3.05, 3.63) is 0 Å². The summed E-state index contributed by atoms with van der Waals surface area (Å²) in [5.74, 6) is 0.0180. The van der Waals surface area contributed by atoms with Gasteiger partial charge in [-0.3, -0.25) is 0 Å². The van der Waals surface area contributed by atoms with Gasteiger partial charge < -0.3 is 21.5 Å². The van der Waals surface area contributed by atoms with Crippen LogP contribution in [-0.2, 0) is 0 Å². The van der Waals surface area contributed by atoms with Gasteiger partial charge in [0.1, 0.15) is 0 Å². The van der Waals surface area contributed by atoms with Crippen LogP contribution < -0.4 is 11.5 Å². The highest BCUT2D eigenvalue weighted by atomic mass is 16.4. The van der Waals surface area contributed by atoms with Gasteiger partial charge in [-0.2, -0.15) is 0 Å². The molecule has 1 aliphatic heterocycles. The van der Waals surface area contributed by atoms with Crippen LogP contribution >= 0.6 is 0 Å². The number of rotatable bonds is 1. The molecule has 13 heavy (non-hydrogen) atoms. The molecule has 5 N–H and O–H groups in total. The SMILES string of the molecule is CC1C[C@H](N=C(N)N)CN1C(=O)O. The Labute approximate surface area is 76.2 Å². The number of guanidine groups is 1. The molecule has 74 valence electrons. The van der Waals surface area contributed by atoms with E-state index in [0.29, 0.717) is 13.0 Å². The average molecular weight is 186 g/mol. The monoisotopic (exact) mass is 186 g/mol. The van der Waals surface area contributed by atoms with Gasteiger partial charge in [-0.15, -0.1) is 0 Å². The topological polar surface area (TPSA) is 105 Å². The molecule has 0 saturated carbocycles. The second-order valence-corrected chi connectivity index (χ2v) is 3.23. The quantitative estimate of drug-likeness (QED) is 0.375. The highest BCUT2D eigenvalue weighted by Crippen LogP contribution is 2.19. The molecule has 1 heterocycles. The molecule has 6 heteroatoms. The molecule has 1 saturated heterocycles. The van der Waals surface area contributed by atoms with E-state index < -0.39 is 6.09 Å². The van der Waals surface area contributed by atoms with E-state index >= 15 is 0 Å². The molecule has 0 bridgehead atoms. The van der Waals surface area contributed by atoms with E-state index in [1.807, 2.05) is 6.92 Å². The zero-order valence-corrected chi connectivity index (χ0v) is 7.47. The van der Waals surface area contributed by atoms with E-state index in [1.165, 1.54) is 4.90 Å². The lowest BCUT2D eigenvalue weighted by Gasteiger charge is -2.15. The van der Waals surface area contributed by atoms with E-state index in [0.717, 1.165) is 0 Å². The second-order valence-electron chi connectivity index (χ2n) is 3.23. The largest absolute Gasteiger partial charge is 0.465 e. The Morgan fingerprint density at radius 2 is 2.23 bits per heavy atom. The number of carbonyl (C=O) groups is 1. The summed E-state index contributed by atoms with van der Waals surface area (Å²) >= 11 is 0. The minimum atomic E-state index is -0.916. The van der Waals surface area contributed by atoms with Crippen LogP contribution in [-0.4, -0.2) is 40.7 Å². The maximum absolute atomic E-state index is 10.7. The van der Waals surface area contributed by atoms with Gasteiger partial charge in [0.2, 0.25) is 0 Å². The van der Waals surface area contributed by atoms with E-state index in [9.17, 15) is 4.79 Å². The van der Waals surface area contributed by atoms with E-state index in [-0.39, 0.29) is 18.0 Å². The first-order chi connectivity index (χ1) is 6.00. The zero-order valence-electron chi connectivity index (χ0n) is 7.47. The molecule has 1 unspecified atom stereocenters. The number of likely N-dealkylation sites (tertiary alicyclic amines) is 1. The fraction of sp³-hybridized carbons (Fsp3) is 0.714. The third-order valence-corrected chi connectivity index (χ3v) is 2.13. The first-order valence-corrected chi connectivity index (χ1v) is 4.09. The van der Waals surface area contributed by atoms with Crippen LogP contribution in [0.4, 0.5) is 4.79 Å². The molecule has 0 radical (unpaired) electrons. The van der Waals surface area contributed by atoms with Crippen molar-refractivity contribution in [1.29, 1.82) is 0 Å². The van der Waals surface area contributed by atoms with Crippen LogP contribution in [0.2, 0.25) is 0 Å². The molecule has 6 nitrogen and oxygen atoms in total. The van der Waals surface area contributed by atoms with Crippen LogP contribution in [0.25, 0.3) is 0 Å². The van der Waals surface area contributed by atoms with Gasteiger partial charge in [-0.1, -0.05) is 0 Å². The molecule has 0 aromatic carbocycles. The predicted molar refractivity (Wildman–Crippen MR) is 48.4 cm³/mol. The Balaban J connectivity index is 2.60. The van der Waals surface area contributed by atoms with Crippen LogP contribution in [0.15, 0.2) is 4.99 Å². The van der Waals surface area contributed by atoms with Gasteiger partial charge in [0.15, 0.2) is 5.96 Å². The summed E-state index contributed by atoms with van der Waals surface area (Å²) in [6.45, 7) is 2.23. The average Bonchev–Trinajstić information content (AvgIpc) is 2.29. The lowest BCUT2D eigenvalue weighted by atomic mass is 10.2. The van der Waals surface area contributed by atoms with Crippen molar-refractivity contribution in [3.8, 4) is 0 Å². The summed E-state index contributed by atoms with van der Waals surface area (Å²) < 4.78 is 0. The molecule has 0 aromatic rings. The number of hydrogen-bond donors (Lipinski definition) is 3. The number of nitrogens with zero attached hydrogens (tertiary/aromatic N) is 2. The van der Waals surface area contributed by atoms with Crippen LogP contribution in [0.3, 0.4) is 0 Å². The molecular weight excluding hydrogens is 172 g/mol. The Kier molecular flexibility index (Phi) is 2.60. The highest BCUT2D eigenvalue weighted by molar-refractivity contribution is 5.76. The zero-order chi connectivity index (χ0) is 10.0. The Hall–Kier alpha value is -1.46. The van der Waals surface area contributed by atoms with E-state index in [2.05, 4.69) is 4.99 Å². The van der Waals surface area contributed by atoms with Crippen molar-refractivity contribution in [3.63, 3.8) is 0 Å². The molecule has 0 spiro atoms. The lowest BCUT2D eigenvalue weighted by molar-refractivity contribution is 0.143. The van der Waals surface area contributed by atoms with Gasteiger partial charge in [0.25, 0.3) is 0 Å². The van der Waals surface area contributed by atoms with Gasteiger partial charge in [0, 0.05) is 12.6 Å².